The highest BCUT2D eigenvalue weighted by Gasteiger charge is 2.21. The average molecular weight is 518 g/mol. The fraction of sp³-hybridized carbons (Fsp3) is 0.304. The molecule has 0 spiro atoms. The Balaban J connectivity index is 1.83. The molecule has 2 heterocycles. The van der Waals surface area contributed by atoms with Crippen LogP contribution in [0.15, 0.2) is 42.0 Å². The highest BCUT2D eigenvalue weighted by Crippen LogP contribution is 2.31. The minimum absolute atomic E-state index is 0.0226. The van der Waals surface area contributed by atoms with Crippen molar-refractivity contribution in [3.8, 4) is 27.6 Å². The summed E-state index contributed by atoms with van der Waals surface area (Å²) in [4.78, 5) is 34.3. The van der Waals surface area contributed by atoms with E-state index in [1.54, 1.807) is 24.5 Å². The van der Waals surface area contributed by atoms with Crippen molar-refractivity contribution in [3.05, 3.63) is 47.6 Å². The Labute approximate surface area is 208 Å². The summed E-state index contributed by atoms with van der Waals surface area (Å²) in [5.41, 5.74) is 2.57. The molecule has 2 amide bonds. The van der Waals surface area contributed by atoms with E-state index in [-0.39, 0.29) is 17.2 Å². The standard InChI is InChI=1S/C23H27N5O5S2/c1-5-6-7-22(29)25-16-11-21(34-14-16)19-13-24-12-18(26-19)15-8-9-17(20(10-15)33-4)23(30)27-35(31,32)28(2)3/h8-14H,5-7H2,1-4H3,(H,25,29)(H,27,30). The van der Waals surface area contributed by atoms with Crippen LogP contribution in [0.25, 0.3) is 21.8 Å². The minimum atomic E-state index is -3.95. The Kier molecular flexibility index (Phi) is 8.54. The number of nitrogens with zero attached hydrogens (tertiary/aromatic N) is 3. The van der Waals surface area contributed by atoms with Crippen LogP contribution in [0.4, 0.5) is 5.69 Å². The second kappa shape index (κ2) is 11.4. The topological polar surface area (TPSA) is 131 Å². The molecule has 0 radical (unpaired) electrons. The third-order valence-electron chi connectivity index (χ3n) is 4.97. The van der Waals surface area contributed by atoms with Gasteiger partial charge in [-0.2, -0.15) is 12.7 Å². The summed E-state index contributed by atoms with van der Waals surface area (Å²) in [6.07, 6.45) is 5.48. The molecule has 0 fully saturated rings. The molecule has 0 saturated carbocycles. The van der Waals surface area contributed by atoms with Gasteiger partial charge < -0.3 is 10.1 Å². The van der Waals surface area contributed by atoms with Crippen molar-refractivity contribution in [2.45, 2.75) is 26.2 Å². The molecular formula is C23H27N5O5S2. The number of amides is 2. The van der Waals surface area contributed by atoms with E-state index in [4.69, 9.17) is 4.74 Å². The van der Waals surface area contributed by atoms with E-state index in [1.165, 1.54) is 38.6 Å². The summed E-state index contributed by atoms with van der Waals surface area (Å²) < 4.78 is 32.2. The van der Waals surface area contributed by atoms with Gasteiger partial charge in [0.05, 0.1) is 47.0 Å². The smallest absolute Gasteiger partial charge is 0.303 e. The fourth-order valence-corrected chi connectivity index (χ4v) is 4.34. The van der Waals surface area contributed by atoms with E-state index >= 15 is 0 Å². The first kappa shape index (κ1) is 26.3. The second-order valence-electron chi connectivity index (χ2n) is 7.77. The number of unbranched alkanes of at least 4 members (excludes halogenated alkanes) is 1. The Morgan fingerprint density at radius 2 is 1.89 bits per heavy atom. The molecule has 2 aromatic heterocycles. The van der Waals surface area contributed by atoms with Crippen molar-refractivity contribution in [2.75, 3.05) is 26.5 Å². The lowest BCUT2D eigenvalue weighted by Crippen LogP contribution is -2.39. The molecule has 0 aliphatic rings. The van der Waals surface area contributed by atoms with Crippen LogP contribution in [-0.4, -0.2) is 55.7 Å². The largest absolute Gasteiger partial charge is 0.496 e. The van der Waals surface area contributed by atoms with Crippen molar-refractivity contribution >= 4 is 39.0 Å². The molecule has 186 valence electrons. The zero-order valence-electron chi connectivity index (χ0n) is 19.9. The van der Waals surface area contributed by atoms with E-state index in [9.17, 15) is 18.0 Å². The fourth-order valence-electron chi connectivity index (χ4n) is 3.02. The van der Waals surface area contributed by atoms with Gasteiger partial charge in [-0.25, -0.2) is 9.71 Å². The maximum absolute atomic E-state index is 12.5. The van der Waals surface area contributed by atoms with Crippen molar-refractivity contribution in [1.29, 1.82) is 0 Å². The zero-order chi connectivity index (χ0) is 25.6. The quantitative estimate of drug-likeness (QED) is 0.420. The number of hydrogen-bond acceptors (Lipinski definition) is 8. The lowest BCUT2D eigenvalue weighted by molar-refractivity contribution is -0.116. The minimum Gasteiger partial charge on any atom is -0.496 e. The summed E-state index contributed by atoms with van der Waals surface area (Å²) in [7, 11) is 0.0765. The number of nitrogens with one attached hydrogen (secondary N) is 2. The van der Waals surface area contributed by atoms with E-state index in [1.807, 2.05) is 23.1 Å². The van der Waals surface area contributed by atoms with Crippen molar-refractivity contribution in [1.82, 2.24) is 19.0 Å². The van der Waals surface area contributed by atoms with Crippen LogP contribution in [0.2, 0.25) is 0 Å². The summed E-state index contributed by atoms with van der Waals surface area (Å²) in [5.74, 6) is -0.644. The van der Waals surface area contributed by atoms with Gasteiger partial charge in [0.2, 0.25) is 5.91 Å². The van der Waals surface area contributed by atoms with Crippen LogP contribution in [0, 0.1) is 0 Å². The molecule has 12 heteroatoms. The highest BCUT2D eigenvalue weighted by atomic mass is 32.2. The molecule has 0 unspecified atom stereocenters. The van der Waals surface area contributed by atoms with Gasteiger partial charge in [0, 0.05) is 31.5 Å². The van der Waals surface area contributed by atoms with Crippen LogP contribution in [-0.2, 0) is 15.0 Å². The van der Waals surface area contributed by atoms with Gasteiger partial charge in [-0.15, -0.1) is 11.3 Å². The number of aromatic nitrogens is 2. The Morgan fingerprint density at radius 1 is 1.14 bits per heavy atom. The number of hydrogen-bond donors (Lipinski definition) is 2. The molecule has 0 bridgehead atoms. The second-order valence-corrected chi connectivity index (χ2v) is 10.6. The van der Waals surface area contributed by atoms with Gasteiger partial charge in [-0.1, -0.05) is 19.4 Å². The number of rotatable bonds is 10. The monoisotopic (exact) mass is 517 g/mol. The SMILES string of the molecule is CCCCC(=O)Nc1csc(-c2cncc(-c3ccc(C(=O)NS(=O)(=O)N(C)C)c(OC)c3)n2)c1. The van der Waals surface area contributed by atoms with E-state index in [0.29, 0.717) is 29.1 Å². The lowest BCUT2D eigenvalue weighted by atomic mass is 10.1. The van der Waals surface area contributed by atoms with E-state index in [0.717, 1.165) is 22.0 Å². The molecular weight excluding hydrogens is 490 g/mol. The van der Waals surface area contributed by atoms with Crippen LogP contribution < -0.4 is 14.8 Å². The number of thiophene rings is 1. The zero-order valence-corrected chi connectivity index (χ0v) is 21.5. The molecule has 1 aromatic carbocycles. The van der Waals surface area contributed by atoms with E-state index in [2.05, 4.69) is 15.3 Å². The molecule has 0 aliphatic heterocycles. The number of carbonyl (C=O) groups excluding carboxylic acids is 2. The molecule has 0 aliphatic carbocycles. The normalized spacial score (nSPS) is 11.3. The van der Waals surface area contributed by atoms with Gasteiger partial charge in [0.25, 0.3) is 5.91 Å². The molecule has 3 aromatic rings. The Bertz CT molecular complexity index is 1320. The summed E-state index contributed by atoms with van der Waals surface area (Å²) in [6.45, 7) is 2.04. The maximum Gasteiger partial charge on any atom is 0.303 e. The Morgan fingerprint density at radius 3 is 2.57 bits per heavy atom. The van der Waals surface area contributed by atoms with Crippen LogP contribution >= 0.6 is 11.3 Å². The number of carbonyl (C=O) groups is 2. The lowest BCUT2D eigenvalue weighted by Gasteiger charge is -2.14. The summed E-state index contributed by atoms with van der Waals surface area (Å²) in [5, 5.41) is 4.74. The number of ether oxygens (including phenoxy) is 1. The molecule has 3 rings (SSSR count). The predicted molar refractivity (Wildman–Crippen MR) is 136 cm³/mol. The van der Waals surface area contributed by atoms with Gasteiger partial charge in [-0.3, -0.25) is 14.6 Å². The van der Waals surface area contributed by atoms with E-state index < -0.39 is 16.1 Å². The number of benzene rings is 1. The van der Waals surface area contributed by atoms with Crippen molar-refractivity contribution in [2.24, 2.45) is 0 Å². The first-order valence-corrected chi connectivity index (χ1v) is 13.1. The average Bonchev–Trinajstić information content (AvgIpc) is 3.30. The first-order chi connectivity index (χ1) is 16.6. The van der Waals surface area contributed by atoms with Gasteiger partial charge in [0.15, 0.2) is 0 Å². The molecule has 35 heavy (non-hydrogen) atoms. The van der Waals surface area contributed by atoms with Gasteiger partial charge >= 0.3 is 10.2 Å². The number of anilines is 1. The molecule has 10 nitrogen and oxygen atoms in total. The highest BCUT2D eigenvalue weighted by molar-refractivity contribution is 7.87. The van der Waals surface area contributed by atoms with Crippen molar-refractivity contribution in [3.63, 3.8) is 0 Å². The maximum atomic E-state index is 12.5. The van der Waals surface area contributed by atoms with Crippen molar-refractivity contribution < 1.29 is 22.7 Å². The first-order valence-electron chi connectivity index (χ1n) is 10.8. The van der Waals surface area contributed by atoms with Crippen LogP contribution in [0.3, 0.4) is 0 Å². The predicted octanol–water partition coefficient (Wildman–Crippen LogP) is 3.55. The summed E-state index contributed by atoms with van der Waals surface area (Å²) in [6, 6.07) is 6.56. The molecule has 0 saturated heterocycles. The summed E-state index contributed by atoms with van der Waals surface area (Å²) >= 11 is 1.44. The van der Waals surface area contributed by atoms with Gasteiger partial charge in [0.1, 0.15) is 5.75 Å². The third-order valence-corrected chi connectivity index (χ3v) is 7.33. The molecule has 2 N–H and O–H groups in total. The Hall–Kier alpha value is -3.35. The molecule has 0 atom stereocenters. The van der Waals surface area contributed by atoms with Gasteiger partial charge in [-0.05, 0) is 24.6 Å². The third kappa shape index (κ3) is 6.62. The van der Waals surface area contributed by atoms with Crippen LogP contribution in [0.5, 0.6) is 5.75 Å². The van der Waals surface area contributed by atoms with Crippen LogP contribution in [0.1, 0.15) is 36.5 Å². The number of methoxy groups -OCH3 is 1.